The topological polar surface area (TPSA) is 49.4 Å². The summed E-state index contributed by atoms with van der Waals surface area (Å²) in [6.07, 6.45) is 1.06. The van der Waals surface area contributed by atoms with Crippen molar-refractivity contribution in [2.45, 2.75) is 26.9 Å². The van der Waals surface area contributed by atoms with Crippen molar-refractivity contribution >= 4 is 11.8 Å². The number of hydrogen-bond acceptors (Lipinski definition) is 2. The molecule has 0 radical (unpaired) electrons. The molecule has 0 heterocycles. The minimum absolute atomic E-state index is 0.147. The van der Waals surface area contributed by atoms with Gasteiger partial charge in [0.25, 0.3) is 0 Å². The summed E-state index contributed by atoms with van der Waals surface area (Å²) in [7, 11) is 0. The number of carbonyl (C=O) groups is 2. The first-order chi connectivity index (χ1) is 5.49. The number of nitrogens with one attached hydrogen (secondary N) is 1. The number of amides is 2. The Kier molecular flexibility index (Phi) is 4.04. The second-order valence-electron chi connectivity index (χ2n) is 2.49. The molecule has 4 nitrogen and oxygen atoms in total. The van der Waals surface area contributed by atoms with Crippen LogP contribution in [0.15, 0.2) is 12.8 Å². The standard InChI is InChI=1S/C8H14N2O2/c1-5-10(8(4)12)6(2)9-7(3)11/h5-6H,1H2,2-4H3,(H,9,11). The summed E-state index contributed by atoms with van der Waals surface area (Å²) in [5, 5.41) is 2.57. The van der Waals surface area contributed by atoms with Crippen LogP contribution in [0.1, 0.15) is 20.8 Å². The average Bonchev–Trinajstić information content (AvgIpc) is 1.85. The van der Waals surface area contributed by atoms with Crippen LogP contribution in [0.2, 0.25) is 0 Å². The molecule has 2 amide bonds. The van der Waals surface area contributed by atoms with Crippen LogP contribution in [0.3, 0.4) is 0 Å². The lowest BCUT2D eigenvalue weighted by Crippen LogP contribution is -2.44. The maximum atomic E-state index is 10.9. The molecule has 0 aliphatic heterocycles. The van der Waals surface area contributed by atoms with Crippen LogP contribution in [0.25, 0.3) is 0 Å². The minimum Gasteiger partial charge on any atom is -0.336 e. The van der Waals surface area contributed by atoms with Crippen LogP contribution < -0.4 is 5.32 Å². The SMILES string of the molecule is C=CN(C(C)=O)C(C)NC(C)=O. The minimum atomic E-state index is -0.336. The largest absolute Gasteiger partial charge is 0.336 e. The third-order valence-electron chi connectivity index (χ3n) is 1.39. The highest BCUT2D eigenvalue weighted by molar-refractivity contribution is 5.77. The van der Waals surface area contributed by atoms with Gasteiger partial charge in [0.05, 0.1) is 0 Å². The highest BCUT2D eigenvalue weighted by Gasteiger charge is 2.13. The van der Waals surface area contributed by atoms with E-state index in [1.165, 1.54) is 24.9 Å². The zero-order valence-electron chi connectivity index (χ0n) is 7.63. The lowest BCUT2D eigenvalue weighted by Gasteiger charge is -2.24. The molecular formula is C8H14N2O2. The summed E-state index contributed by atoms with van der Waals surface area (Å²) in [6, 6.07) is 0. The molecule has 0 saturated heterocycles. The predicted molar refractivity (Wildman–Crippen MR) is 46.0 cm³/mol. The Morgan fingerprint density at radius 1 is 1.50 bits per heavy atom. The Labute approximate surface area is 72.2 Å². The van der Waals surface area contributed by atoms with Crippen molar-refractivity contribution in [3.63, 3.8) is 0 Å². The van der Waals surface area contributed by atoms with Gasteiger partial charge in [-0.15, -0.1) is 0 Å². The van der Waals surface area contributed by atoms with Crippen LogP contribution in [-0.2, 0) is 9.59 Å². The van der Waals surface area contributed by atoms with E-state index in [1.54, 1.807) is 6.92 Å². The smallest absolute Gasteiger partial charge is 0.225 e. The van der Waals surface area contributed by atoms with E-state index in [9.17, 15) is 9.59 Å². The van der Waals surface area contributed by atoms with Crippen molar-refractivity contribution in [1.29, 1.82) is 0 Å². The van der Waals surface area contributed by atoms with E-state index in [-0.39, 0.29) is 18.0 Å². The van der Waals surface area contributed by atoms with Crippen LogP contribution in [0.5, 0.6) is 0 Å². The molecular weight excluding hydrogens is 156 g/mol. The molecule has 1 N–H and O–H groups in total. The zero-order valence-corrected chi connectivity index (χ0v) is 7.63. The Morgan fingerprint density at radius 3 is 2.25 bits per heavy atom. The number of hydrogen-bond donors (Lipinski definition) is 1. The van der Waals surface area contributed by atoms with Gasteiger partial charge in [0.2, 0.25) is 11.8 Å². The molecule has 0 aromatic heterocycles. The summed E-state index contributed by atoms with van der Waals surface area (Å²) in [6.45, 7) is 7.99. The fourth-order valence-corrected chi connectivity index (χ4v) is 0.923. The average molecular weight is 170 g/mol. The molecule has 0 aliphatic carbocycles. The van der Waals surface area contributed by atoms with Gasteiger partial charge in [0.1, 0.15) is 6.17 Å². The maximum absolute atomic E-state index is 10.9. The Hall–Kier alpha value is -1.32. The van der Waals surface area contributed by atoms with Gasteiger partial charge in [0, 0.05) is 20.0 Å². The van der Waals surface area contributed by atoms with Crippen molar-refractivity contribution in [2.24, 2.45) is 0 Å². The van der Waals surface area contributed by atoms with Crippen molar-refractivity contribution < 1.29 is 9.59 Å². The van der Waals surface area contributed by atoms with E-state index in [1.807, 2.05) is 0 Å². The lowest BCUT2D eigenvalue weighted by atomic mass is 10.4. The first-order valence-electron chi connectivity index (χ1n) is 3.67. The number of carbonyl (C=O) groups excluding carboxylic acids is 2. The molecule has 0 aliphatic rings. The van der Waals surface area contributed by atoms with Gasteiger partial charge in [0.15, 0.2) is 0 Å². The summed E-state index contributed by atoms with van der Waals surface area (Å²) in [4.78, 5) is 22.9. The summed E-state index contributed by atoms with van der Waals surface area (Å²) >= 11 is 0. The van der Waals surface area contributed by atoms with Gasteiger partial charge in [-0.3, -0.25) is 14.5 Å². The lowest BCUT2D eigenvalue weighted by molar-refractivity contribution is -0.129. The van der Waals surface area contributed by atoms with Crippen LogP contribution in [0.4, 0.5) is 0 Å². The molecule has 12 heavy (non-hydrogen) atoms. The van der Waals surface area contributed by atoms with Gasteiger partial charge in [-0.2, -0.15) is 0 Å². The van der Waals surface area contributed by atoms with Gasteiger partial charge < -0.3 is 5.32 Å². The molecule has 1 atom stereocenters. The Morgan fingerprint density at radius 2 is 2.00 bits per heavy atom. The van der Waals surface area contributed by atoms with Crippen LogP contribution >= 0.6 is 0 Å². The van der Waals surface area contributed by atoms with E-state index in [0.29, 0.717) is 0 Å². The predicted octanol–water partition coefficient (Wildman–Crippen LogP) is 0.460. The van der Waals surface area contributed by atoms with Crippen LogP contribution in [-0.4, -0.2) is 22.9 Å². The molecule has 0 fully saturated rings. The van der Waals surface area contributed by atoms with E-state index in [2.05, 4.69) is 11.9 Å². The Bertz CT molecular complexity index is 201. The molecule has 0 spiro atoms. The van der Waals surface area contributed by atoms with Crippen LogP contribution in [0, 0.1) is 0 Å². The molecule has 0 aromatic rings. The van der Waals surface area contributed by atoms with Gasteiger partial charge in [-0.1, -0.05) is 6.58 Å². The zero-order chi connectivity index (χ0) is 9.72. The second kappa shape index (κ2) is 4.54. The number of nitrogens with zero attached hydrogens (tertiary/aromatic N) is 1. The van der Waals surface area contributed by atoms with Gasteiger partial charge in [-0.05, 0) is 6.92 Å². The fourth-order valence-electron chi connectivity index (χ4n) is 0.923. The fraction of sp³-hybridized carbons (Fsp3) is 0.500. The molecule has 0 rings (SSSR count). The van der Waals surface area contributed by atoms with E-state index >= 15 is 0 Å². The third kappa shape index (κ3) is 3.18. The van der Waals surface area contributed by atoms with Crippen molar-refractivity contribution in [3.05, 3.63) is 12.8 Å². The third-order valence-corrected chi connectivity index (χ3v) is 1.39. The van der Waals surface area contributed by atoms with E-state index in [0.717, 1.165) is 0 Å². The van der Waals surface area contributed by atoms with Crippen molar-refractivity contribution in [3.8, 4) is 0 Å². The summed E-state index contributed by atoms with van der Waals surface area (Å²) in [5.74, 6) is -0.318. The quantitative estimate of drug-likeness (QED) is 0.625. The monoisotopic (exact) mass is 170 g/mol. The molecule has 0 aromatic carbocycles. The van der Waals surface area contributed by atoms with Crippen molar-refractivity contribution in [1.82, 2.24) is 10.2 Å². The van der Waals surface area contributed by atoms with Crippen molar-refractivity contribution in [2.75, 3.05) is 0 Å². The summed E-state index contributed by atoms with van der Waals surface area (Å²) < 4.78 is 0. The normalized spacial score (nSPS) is 11.6. The summed E-state index contributed by atoms with van der Waals surface area (Å²) in [5.41, 5.74) is 0. The highest BCUT2D eigenvalue weighted by Crippen LogP contribution is 1.96. The van der Waals surface area contributed by atoms with Gasteiger partial charge in [-0.25, -0.2) is 0 Å². The molecule has 0 saturated carbocycles. The molecule has 0 bridgehead atoms. The number of rotatable bonds is 3. The maximum Gasteiger partial charge on any atom is 0.225 e. The van der Waals surface area contributed by atoms with E-state index < -0.39 is 0 Å². The molecule has 4 heteroatoms. The molecule has 1 unspecified atom stereocenters. The highest BCUT2D eigenvalue weighted by atomic mass is 16.2. The molecule has 68 valence electrons. The first kappa shape index (κ1) is 10.7. The first-order valence-corrected chi connectivity index (χ1v) is 3.67. The van der Waals surface area contributed by atoms with E-state index in [4.69, 9.17) is 0 Å². The van der Waals surface area contributed by atoms with Gasteiger partial charge >= 0.3 is 0 Å². The second-order valence-corrected chi connectivity index (χ2v) is 2.49. The Balaban J connectivity index is 4.21.